The molecule has 1 aromatic carbocycles. The maximum Gasteiger partial charge on any atom is 0.137 e. The summed E-state index contributed by atoms with van der Waals surface area (Å²) in [6.45, 7) is 0.992. The first-order chi connectivity index (χ1) is 8.70. The van der Waals surface area contributed by atoms with Crippen molar-refractivity contribution in [2.24, 2.45) is 12.8 Å². The van der Waals surface area contributed by atoms with E-state index in [1.165, 1.54) is 0 Å². The van der Waals surface area contributed by atoms with Crippen LogP contribution in [-0.2, 0) is 20.1 Å². The van der Waals surface area contributed by atoms with Crippen LogP contribution in [0.15, 0.2) is 28.9 Å². The van der Waals surface area contributed by atoms with E-state index < -0.39 is 0 Å². The first-order valence-corrected chi connectivity index (χ1v) is 6.45. The number of aryl methyl sites for hydroxylation is 1. The average Bonchev–Trinajstić information content (AvgIpc) is 2.75. The number of nitrogens with zero attached hydrogens (tertiary/aromatic N) is 3. The summed E-state index contributed by atoms with van der Waals surface area (Å²) in [5.74, 6) is 0.827. The van der Waals surface area contributed by atoms with Crippen molar-refractivity contribution in [1.29, 1.82) is 0 Å². The van der Waals surface area contributed by atoms with Crippen LogP contribution in [0.5, 0.6) is 5.75 Å². The van der Waals surface area contributed by atoms with Gasteiger partial charge in [-0.3, -0.25) is 4.68 Å². The lowest BCUT2D eigenvalue weighted by atomic mass is 10.1. The van der Waals surface area contributed by atoms with Gasteiger partial charge in [0.05, 0.1) is 10.7 Å². The number of hydrogen-bond donors (Lipinski definition) is 1. The highest BCUT2D eigenvalue weighted by molar-refractivity contribution is 9.10. The number of benzene rings is 1. The fraction of sp³-hybridized carbons (Fsp3) is 0.333. The molecule has 0 fully saturated rings. The second-order valence-corrected chi connectivity index (χ2v) is 4.79. The standard InChI is InChI=1S/C12H15BrN4O/c1-17-7-10(15-16-17)8-18-12-9(5-6-14)3-2-4-11(12)13/h2-4,7H,5-6,8,14H2,1H3. The molecule has 5 nitrogen and oxygen atoms in total. The monoisotopic (exact) mass is 310 g/mol. The van der Waals surface area contributed by atoms with E-state index >= 15 is 0 Å². The fourth-order valence-corrected chi connectivity index (χ4v) is 2.20. The van der Waals surface area contributed by atoms with Crippen LogP contribution < -0.4 is 10.5 Å². The summed E-state index contributed by atoms with van der Waals surface area (Å²) in [5.41, 5.74) is 7.48. The molecule has 96 valence electrons. The van der Waals surface area contributed by atoms with Crippen LogP contribution in [0.1, 0.15) is 11.3 Å². The number of aromatic nitrogens is 3. The Bertz CT molecular complexity index is 527. The van der Waals surface area contributed by atoms with Gasteiger partial charge in [-0.05, 0) is 40.5 Å². The van der Waals surface area contributed by atoms with Gasteiger partial charge in [-0.15, -0.1) is 5.10 Å². The Morgan fingerprint density at radius 1 is 1.44 bits per heavy atom. The normalized spacial score (nSPS) is 10.6. The predicted octanol–water partition coefficient (Wildman–Crippen LogP) is 1.66. The van der Waals surface area contributed by atoms with E-state index in [1.807, 2.05) is 31.4 Å². The predicted molar refractivity (Wildman–Crippen MR) is 72.2 cm³/mol. The lowest BCUT2D eigenvalue weighted by molar-refractivity contribution is 0.296. The highest BCUT2D eigenvalue weighted by atomic mass is 79.9. The number of para-hydroxylation sites is 1. The second kappa shape index (κ2) is 5.97. The van der Waals surface area contributed by atoms with Crippen LogP contribution in [0.2, 0.25) is 0 Å². The zero-order valence-electron chi connectivity index (χ0n) is 10.1. The van der Waals surface area contributed by atoms with Crippen LogP contribution in [-0.4, -0.2) is 21.5 Å². The van der Waals surface area contributed by atoms with Gasteiger partial charge in [0.25, 0.3) is 0 Å². The van der Waals surface area contributed by atoms with Gasteiger partial charge in [-0.1, -0.05) is 17.3 Å². The summed E-state index contributed by atoms with van der Waals surface area (Å²) >= 11 is 3.49. The van der Waals surface area contributed by atoms with E-state index in [0.29, 0.717) is 13.2 Å². The summed E-state index contributed by atoms with van der Waals surface area (Å²) in [4.78, 5) is 0. The summed E-state index contributed by atoms with van der Waals surface area (Å²) < 4.78 is 8.38. The average molecular weight is 311 g/mol. The van der Waals surface area contributed by atoms with Crippen molar-refractivity contribution >= 4 is 15.9 Å². The topological polar surface area (TPSA) is 66.0 Å². The molecule has 0 aliphatic rings. The Morgan fingerprint density at radius 2 is 2.28 bits per heavy atom. The Morgan fingerprint density at radius 3 is 2.94 bits per heavy atom. The third kappa shape index (κ3) is 3.08. The lowest BCUT2D eigenvalue weighted by Gasteiger charge is -2.11. The van der Waals surface area contributed by atoms with Crippen molar-refractivity contribution in [1.82, 2.24) is 15.0 Å². The minimum Gasteiger partial charge on any atom is -0.486 e. The van der Waals surface area contributed by atoms with E-state index in [2.05, 4.69) is 26.2 Å². The maximum absolute atomic E-state index is 5.80. The molecular formula is C12H15BrN4O. The van der Waals surface area contributed by atoms with Gasteiger partial charge in [-0.2, -0.15) is 0 Å². The van der Waals surface area contributed by atoms with Crippen LogP contribution in [0.4, 0.5) is 0 Å². The van der Waals surface area contributed by atoms with Gasteiger partial charge >= 0.3 is 0 Å². The smallest absolute Gasteiger partial charge is 0.137 e. The van der Waals surface area contributed by atoms with E-state index in [4.69, 9.17) is 10.5 Å². The molecule has 18 heavy (non-hydrogen) atoms. The molecule has 2 aromatic rings. The van der Waals surface area contributed by atoms with Crippen LogP contribution in [0, 0.1) is 0 Å². The number of hydrogen-bond acceptors (Lipinski definition) is 4. The quantitative estimate of drug-likeness (QED) is 0.912. The first kappa shape index (κ1) is 13.0. The van der Waals surface area contributed by atoms with Gasteiger partial charge in [0.15, 0.2) is 0 Å². The van der Waals surface area contributed by atoms with Gasteiger partial charge < -0.3 is 10.5 Å². The molecule has 1 aromatic heterocycles. The Hall–Kier alpha value is -1.40. The van der Waals surface area contributed by atoms with Crippen LogP contribution >= 0.6 is 15.9 Å². The summed E-state index contributed by atoms with van der Waals surface area (Å²) in [6.07, 6.45) is 2.62. The number of ether oxygens (including phenoxy) is 1. The number of halogens is 1. The summed E-state index contributed by atoms with van der Waals surface area (Å²) in [5, 5.41) is 7.85. The number of nitrogens with two attached hydrogens (primary N) is 1. The van der Waals surface area contributed by atoms with Crippen molar-refractivity contribution in [3.05, 3.63) is 40.1 Å². The Balaban J connectivity index is 2.12. The minimum atomic E-state index is 0.397. The maximum atomic E-state index is 5.80. The Labute approximate surface area is 114 Å². The summed E-state index contributed by atoms with van der Waals surface area (Å²) in [7, 11) is 1.83. The molecule has 0 radical (unpaired) electrons. The fourth-order valence-electron chi connectivity index (χ4n) is 1.68. The lowest BCUT2D eigenvalue weighted by Crippen LogP contribution is -2.06. The van der Waals surface area contributed by atoms with E-state index in [1.54, 1.807) is 4.68 Å². The largest absolute Gasteiger partial charge is 0.486 e. The molecule has 2 rings (SSSR count). The SMILES string of the molecule is Cn1cc(COc2c(Br)cccc2CCN)nn1. The molecule has 0 aliphatic carbocycles. The van der Waals surface area contributed by atoms with Crippen molar-refractivity contribution < 1.29 is 4.74 Å². The number of rotatable bonds is 5. The molecular weight excluding hydrogens is 296 g/mol. The minimum absolute atomic E-state index is 0.397. The third-order valence-electron chi connectivity index (χ3n) is 2.48. The molecule has 0 spiro atoms. The third-order valence-corrected chi connectivity index (χ3v) is 3.10. The van der Waals surface area contributed by atoms with Gasteiger partial charge in [0.2, 0.25) is 0 Å². The molecule has 0 amide bonds. The van der Waals surface area contributed by atoms with E-state index in [-0.39, 0.29) is 0 Å². The highest BCUT2D eigenvalue weighted by Crippen LogP contribution is 2.29. The van der Waals surface area contributed by atoms with Gasteiger partial charge in [0, 0.05) is 7.05 Å². The summed E-state index contributed by atoms with van der Waals surface area (Å²) in [6, 6.07) is 5.94. The van der Waals surface area contributed by atoms with Crippen molar-refractivity contribution in [2.45, 2.75) is 13.0 Å². The highest BCUT2D eigenvalue weighted by Gasteiger charge is 2.08. The molecule has 0 atom stereocenters. The Kier molecular flexibility index (Phi) is 4.33. The molecule has 0 bridgehead atoms. The van der Waals surface area contributed by atoms with Crippen LogP contribution in [0.25, 0.3) is 0 Å². The zero-order chi connectivity index (χ0) is 13.0. The molecule has 2 N–H and O–H groups in total. The van der Waals surface area contributed by atoms with E-state index in [0.717, 1.165) is 27.9 Å². The molecule has 0 aliphatic heterocycles. The van der Waals surface area contributed by atoms with E-state index in [9.17, 15) is 0 Å². The van der Waals surface area contributed by atoms with Crippen molar-refractivity contribution in [3.63, 3.8) is 0 Å². The van der Waals surface area contributed by atoms with Gasteiger partial charge in [-0.25, -0.2) is 0 Å². The van der Waals surface area contributed by atoms with Crippen LogP contribution in [0.3, 0.4) is 0 Å². The van der Waals surface area contributed by atoms with Crippen molar-refractivity contribution in [2.75, 3.05) is 6.54 Å². The van der Waals surface area contributed by atoms with Gasteiger partial charge in [0.1, 0.15) is 18.1 Å². The molecule has 6 heteroatoms. The first-order valence-electron chi connectivity index (χ1n) is 5.66. The molecule has 1 heterocycles. The second-order valence-electron chi connectivity index (χ2n) is 3.94. The molecule has 0 saturated carbocycles. The van der Waals surface area contributed by atoms with Crippen molar-refractivity contribution in [3.8, 4) is 5.75 Å². The zero-order valence-corrected chi connectivity index (χ0v) is 11.7. The molecule has 0 saturated heterocycles. The molecule has 0 unspecified atom stereocenters.